The van der Waals surface area contributed by atoms with Gasteiger partial charge in [-0.3, -0.25) is 24.0 Å². The van der Waals surface area contributed by atoms with Gasteiger partial charge in [0.25, 0.3) is 5.56 Å². The molecule has 540 valence electrons. The highest BCUT2D eigenvalue weighted by Gasteiger charge is 2.63. The molecule has 25 nitrogen and oxygen atoms in total. The summed E-state index contributed by atoms with van der Waals surface area (Å²) in [7, 11) is 0. The number of ether oxygens (including phenoxy) is 5. The molecule has 8 heterocycles. The lowest BCUT2D eigenvalue weighted by molar-refractivity contribution is -0.150. The summed E-state index contributed by atoms with van der Waals surface area (Å²) in [5.41, 5.74) is 0.0128. The second-order valence-corrected chi connectivity index (χ2v) is 30.0. The number of allylic oxidation sites excluding steroid dienone is 2. The van der Waals surface area contributed by atoms with Crippen LogP contribution in [0.3, 0.4) is 0 Å². The number of fused-ring (bicyclic) bond motifs is 6. The number of carbonyl (C=O) groups is 8. The lowest BCUT2D eigenvalue weighted by Crippen LogP contribution is -2.56. The van der Waals surface area contributed by atoms with Crippen LogP contribution in [0.15, 0.2) is 113 Å². The van der Waals surface area contributed by atoms with E-state index in [4.69, 9.17) is 33.7 Å². The van der Waals surface area contributed by atoms with E-state index in [-0.39, 0.29) is 56.5 Å². The van der Waals surface area contributed by atoms with Crippen LogP contribution < -0.4 is 31.6 Å². The molecule has 4 aromatic heterocycles. The van der Waals surface area contributed by atoms with Crippen molar-refractivity contribution in [2.24, 2.45) is 11.8 Å². The Morgan fingerprint density at radius 1 is 0.594 bits per heavy atom. The fourth-order valence-electron chi connectivity index (χ4n) is 13.0. The molecule has 1 unspecified atom stereocenters. The van der Waals surface area contributed by atoms with Crippen LogP contribution in [0.2, 0.25) is 0 Å². The fourth-order valence-corrected chi connectivity index (χ4v) is 14.4. The van der Waals surface area contributed by atoms with Crippen molar-refractivity contribution in [1.82, 2.24) is 51.0 Å². The van der Waals surface area contributed by atoms with E-state index in [1.807, 2.05) is 108 Å². The van der Waals surface area contributed by atoms with Crippen molar-refractivity contribution in [2.75, 3.05) is 26.3 Å². The number of aromatic amines is 1. The Kier molecular flexibility index (Phi) is 24.2. The molecule has 4 fully saturated rings. The number of hydrogen-bond acceptors (Lipinski definition) is 20. The summed E-state index contributed by atoms with van der Waals surface area (Å²) in [4.78, 5) is 140. The predicted octanol–water partition coefficient (Wildman–Crippen LogP) is 10.0. The van der Waals surface area contributed by atoms with Gasteiger partial charge < -0.3 is 64.8 Å². The number of nitrogens with one attached hydrogen (secondary N) is 5. The van der Waals surface area contributed by atoms with Crippen molar-refractivity contribution < 1.29 is 67.1 Å². The molecule has 2 saturated carbocycles. The third-order valence-corrected chi connectivity index (χ3v) is 19.8. The molecule has 4 aliphatic heterocycles. The molecule has 0 bridgehead atoms. The average molecular weight is 1430 g/mol. The van der Waals surface area contributed by atoms with Crippen LogP contribution in [0, 0.1) is 11.8 Å². The monoisotopic (exact) mass is 1420 g/mol. The van der Waals surface area contributed by atoms with Gasteiger partial charge in [-0.1, -0.05) is 86.4 Å². The van der Waals surface area contributed by atoms with Crippen LogP contribution in [0.1, 0.15) is 145 Å². The minimum absolute atomic E-state index is 0.0286. The van der Waals surface area contributed by atoms with E-state index < -0.39 is 106 Å². The molecular formula is C74H92N10O15S2. The molecule has 6 N–H and O–H groups in total. The molecule has 6 aliphatic rings. The number of aromatic nitrogens is 4. The number of H-pyrrole nitrogens is 1. The van der Waals surface area contributed by atoms with E-state index in [9.17, 15) is 48.3 Å². The molecule has 6 amide bonds. The molecular weight excluding hydrogens is 1330 g/mol. The van der Waals surface area contributed by atoms with Crippen molar-refractivity contribution in [2.45, 2.75) is 204 Å². The maximum absolute atomic E-state index is 14.4. The highest BCUT2D eigenvalue weighted by Crippen LogP contribution is 2.48. The normalized spacial score (nSPS) is 26.1. The summed E-state index contributed by atoms with van der Waals surface area (Å²) >= 11 is 3.02. The highest BCUT2D eigenvalue weighted by atomic mass is 32.1. The average Bonchev–Trinajstić information content (AvgIpc) is 1.58. The van der Waals surface area contributed by atoms with Crippen LogP contribution in [0.25, 0.3) is 43.2 Å². The van der Waals surface area contributed by atoms with Crippen molar-refractivity contribution in [3.8, 4) is 27.0 Å². The molecule has 12 rings (SSSR count). The van der Waals surface area contributed by atoms with Crippen LogP contribution in [0.4, 0.5) is 9.59 Å². The number of amides is 6. The number of benzene rings is 2. The first-order valence-electron chi connectivity index (χ1n) is 34.9. The van der Waals surface area contributed by atoms with Gasteiger partial charge in [-0.25, -0.2) is 34.1 Å². The zero-order chi connectivity index (χ0) is 72.2. The Labute approximate surface area is 595 Å². The summed E-state index contributed by atoms with van der Waals surface area (Å²) in [6.07, 6.45) is 13.3. The van der Waals surface area contributed by atoms with Crippen LogP contribution in [0.5, 0.6) is 5.88 Å². The summed E-state index contributed by atoms with van der Waals surface area (Å²) in [5.74, 6) is -2.93. The van der Waals surface area contributed by atoms with E-state index in [1.165, 1.54) is 32.5 Å². The standard InChI is InChI=1S/C37H45N5O7S.C25H39N3O7.C12H8N2OS/c1-5-47-34(45)37-21-23(37)14-9-7-6-8-10-17-27(40-35(46)49-36(2,3)4)33(44)42-22-24(20-28(42)31(43)41-37)48-32-30(29-18-13-19-50-29)38-25-15-11-12-16-26(25)39-32;1-5-34-22(32)25-14-16(25)11-9-7-6-8-10-12-18(26-23(33)35-24(2,3)4)21(31)28-15-17(29)13-19(28)20(30)27-25;15-12-11(10-6-3-7-16-10)13-8-4-1-2-5-9(8)14-12/h9,11-16,18-19,23-24,27-28H,5-8,10,17,20-22H2,1-4H3,(H,40,46)(H,41,43);9,11,16-19,29H,5-8,10,12-15H2,1-4H3,(H,26,33)(H,27,30);1-7H,(H,14,15)/b14-9-;11-9-;/t23-,24?,27-,28+,37-;16-,17+,18-,19+,25-;/m11./s1. The van der Waals surface area contributed by atoms with Gasteiger partial charge in [0.1, 0.15) is 63.9 Å². The smallest absolute Gasteiger partial charge is 0.408 e. The Morgan fingerprint density at radius 3 is 1.57 bits per heavy atom. The molecule has 2 aliphatic carbocycles. The zero-order valence-corrected chi connectivity index (χ0v) is 60.1. The molecule has 101 heavy (non-hydrogen) atoms. The maximum atomic E-state index is 14.4. The minimum Gasteiger partial charge on any atom is -0.471 e. The predicted molar refractivity (Wildman–Crippen MR) is 381 cm³/mol. The van der Waals surface area contributed by atoms with Gasteiger partial charge in [-0.15, -0.1) is 22.7 Å². The van der Waals surface area contributed by atoms with Crippen molar-refractivity contribution in [3.05, 3.63) is 118 Å². The first kappa shape index (κ1) is 74.6. The second-order valence-electron chi connectivity index (χ2n) is 28.1. The lowest BCUT2D eigenvalue weighted by Gasteiger charge is -2.30. The number of thiophene rings is 2. The van der Waals surface area contributed by atoms with Gasteiger partial charge in [-0.05, 0) is 154 Å². The quantitative estimate of drug-likeness (QED) is 0.0422. The Hall–Kier alpha value is -9.08. The van der Waals surface area contributed by atoms with E-state index in [2.05, 4.69) is 31.2 Å². The fraction of sp³-hybridized carbons (Fsp3) is 0.514. The number of carbonyl (C=O) groups excluding carboxylic acids is 8. The first-order chi connectivity index (χ1) is 48.3. The number of aliphatic hydroxyl groups excluding tert-OH is 1. The molecule has 2 saturated heterocycles. The van der Waals surface area contributed by atoms with Gasteiger partial charge in [0.15, 0.2) is 0 Å². The third-order valence-electron chi connectivity index (χ3n) is 18.1. The van der Waals surface area contributed by atoms with Crippen LogP contribution in [-0.4, -0.2) is 168 Å². The van der Waals surface area contributed by atoms with Crippen molar-refractivity contribution in [1.29, 1.82) is 0 Å². The maximum Gasteiger partial charge on any atom is 0.408 e. The Bertz CT molecular complexity index is 4080. The van der Waals surface area contributed by atoms with Gasteiger partial charge in [-0.2, -0.15) is 0 Å². The first-order valence-corrected chi connectivity index (χ1v) is 36.6. The zero-order valence-electron chi connectivity index (χ0n) is 58.5. The second kappa shape index (κ2) is 32.7. The van der Waals surface area contributed by atoms with Gasteiger partial charge >= 0.3 is 24.1 Å². The van der Waals surface area contributed by atoms with E-state index in [0.717, 1.165) is 59.3 Å². The molecule has 10 atom stereocenters. The molecule has 0 radical (unpaired) electrons. The lowest BCUT2D eigenvalue weighted by atomic mass is 10.0. The minimum atomic E-state index is -1.21. The Morgan fingerprint density at radius 2 is 1.07 bits per heavy atom. The number of para-hydroxylation sites is 4. The summed E-state index contributed by atoms with van der Waals surface area (Å²) in [6, 6.07) is 18.9. The van der Waals surface area contributed by atoms with Crippen molar-refractivity contribution in [3.63, 3.8) is 0 Å². The van der Waals surface area contributed by atoms with E-state index >= 15 is 0 Å². The summed E-state index contributed by atoms with van der Waals surface area (Å²) in [6.45, 7) is 14.3. The number of rotatable bonds is 10. The molecule has 6 aromatic rings. The van der Waals surface area contributed by atoms with Gasteiger partial charge in [0.05, 0.1) is 57.7 Å². The number of esters is 2. The number of aliphatic hydroxyl groups is 1. The van der Waals surface area contributed by atoms with Gasteiger partial charge in [0, 0.05) is 31.2 Å². The number of alkyl carbamates (subject to hydrolysis) is 2. The summed E-state index contributed by atoms with van der Waals surface area (Å²) < 4.78 is 28.1. The van der Waals surface area contributed by atoms with Crippen LogP contribution >= 0.6 is 22.7 Å². The SMILES string of the molecule is CCOC(=O)[C@@]12C[C@H]1/C=C\CCCCC[C@@H](NC(=O)OC(C)(C)C)C(=O)N1CC(Oc3nc4ccccc4nc3-c3cccs3)C[C@H]1C(=O)N2.CCOC(=O)[C@@]12C[C@H]1/C=C\CCCCC[C@@H](NC(=O)OC(C)(C)C)C(=O)N1C[C@@H](O)C[C@H]1C(=O)N2.O=c1[nH]c2ccccc2nc1-c1cccs1. The van der Waals surface area contributed by atoms with E-state index in [0.29, 0.717) is 66.8 Å². The highest BCUT2D eigenvalue weighted by molar-refractivity contribution is 7.13. The molecule has 2 aromatic carbocycles. The van der Waals surface area contributed by atoms with Crippen LogP contribution in [-0.2, 0) is 47.7 Å². The Balaban J connectivity index is 0.000000185. The van der Waals surface area contributed by atoms with Crippen molar-refractivity contribution >= 4 is 92.5 Å². The molecule has 0 spiro atoms. The topological polar surface area (TPSA) is 329 Å². The number of hydrogen-bond donors (Lipinski definition) is 6. The third kappa shape index (κ3) is 18.9. The summed E-state index contributed by atoms with van der Waals surface area (Å²) in [5, 5.41) is 25.5. The largest absolute Gasteiger partial charge is 0.471 e. The van der Waals surface area contributed by atoms with Gasteiger partial charge in [0.2, 0.25) is 29.5 Å². The number of nitrogens with zero attached hydrogens (tertiary/aromatic N) is 5. The molecule has 27 heteroatoms. The van der Waals surface area contributed by atoms with E-state index in [1.54, 1.807) is 55.4 Å².